The number of methoxy groups -OCH3 is 1. The van der Waals surface area contributed by atoms with Gasteiger partial charge in [-0.05, 0) is 17.5 Å². The Morgan fingerprint density at radius 2 is 2.07 bits per heavy atom. The largest absolute Gasteiger partial charge is 0.481 e. The number of pyridine rings is 1. The van der Waals surface area contributed by atoms with Gasteiger partial charge < -0.3 is 9.72 Å². The van der Waals surface area contributed by atoms with Gasteiger partial charge in [0.2, 0.25) is 5.88 Å². The first-order chi connectivity index (χ1) is 7.02. The van der Waals surface area contributed by atoms with Crippen LogP contribution < -0.4 is 4.74 Å². The molecule has 0 saturated heterocycles. The Balaban J connectivity index is 2.70. The Bertz CT molecular complexity index is 480. The number of aromatic nitrogens is 2. The van der Waals surface area contributed by atoms with E-state index in [-0.39, 0.29) is 5.41 Å². The summed E-state index contributed by atoms with van der Waals surface area (Å²) in [6.07, 6.45) is 1.89. The number of ether oxygens (including phenoxy) is 1. The molecule has 0 bridgehead atoms. The van der Waals surface area contributed by atoms with Crippen molar-refractivity contribution in [3.63, 3.8) is 0 Å². The number of rotatable bonds is 1. The Hall–Kier alpha value is -1.51. The van der Waals surface area contributed by atoms with Crippen molar-refractivity contribution in [2.24, 2.45) is 0 Å². The summed E-state index contributed by atoms with van der Waals surface area (Å²) in [5, 5.41) is 1.13. The van der Waals surface area contributed by atoms with Crippen LogP contribution in [0.2, 0.25) is 0 Å². The minimum Gasteiger partial charge on any atom is -0.481 e. The molecule has 0 saturated carbocycles. The quantitative estimate of drug-likeness (QED) is 0.775. The number of aromatic amines is 1. The molecule has 2 heterocycles. The van der Waals surface area contributed by atoms with Crippen LogP contribution in [-0.2, 0) is 5.41 Å². The highest BCUT2D eigenvalue weighted by atomic mass is 16.5. The highest BCUT2D eigenvalue weighted by Crippen LogP contribution is 2.31. The molecular formula is C12H16N2O. The molecule has 0 atom stereocenters. The van der Waals surface area contributed by atoms with Gasteiger partial charge in [0.05, 0.1) is 7.11 Å². The highest BCUT2D eigenvalue weighted by Gasteiger charge is 2.20. The minimum atomic E-state index is 0.0454. The van der Waals surface area contributed by atoms with E-state index in [1.54, 1.807) is 7.11 Å². The summed E-state index contributed by atoms with van der Waals surface area (Å²) in [7, 11) is 1.66. The number of H-pyrrole nitrogens is 1. The van der Waals surface area contributed by atoms with Crippen LogP contribution in [0.1, 0.15) is 26.3 Å². The molecule has 2 rings (SSSR count). The molecule has 2 aromatic rings. The third kappa shape index (κ3) is 1.69. The van der Waals surface area contributed by atoms with Gasteiger partial charge in [0, 0.05) is 17.1 Å². The highest BCUT2D eigenvalue weighted by molar-refractivity contribution is 5.77. The molecule has 0 fully saturated rings. The van der Waals surface area contributed by atoms with Crippen LogP contribution in [0.4, 0.5) is 0 Å². The summed E-state index contributed by atoms with van der Waals surface area (Å²) in [5.74, 6) is 0.706. The number of fused-ring (bicyclic) bond motifs is 1. The fourth-order valence-electron chi connectivity index (χ4n) is 1.66. The number of hydrogen-bond acceptors (Lipinski definition) is 2. The molecule has 0 spiro atoms. The zero-order valence-corrected chi connectivity index (χ0v) is 9.59. The van der Waals surface area contributed by atoms with Crippen molar-refractivity contribution in [1.82, 2.24) is 9.97 Å². The monoisotopic (exact) mass is 204 g/mol. The first-order valence-corrected chi connectivity index (χ1v) is 5.05. The van der Waals surface area contributed by atoms with E-state index in [0.29, 0.717) is 5.88 Å². The summed E-state index contributed by atoms with van der Waals surface area (Å²) in [4.78, 5) is 7.52. The zero-order chi connectivity index (χ0) is 11.1. The van der Waals surface area contributed by atoms with Crippen molar-refractivity contribution in [3.8, 4) is 5.88 Å². The molecule has 1 N–H and O–H groups in total. The van der Waals surface area contributed by atoms with E-state index in [1.807, 2.05) is 12.3 Å². The van der Waals surface area contributed by atoms with E-state index in [1.165, 1.54) is 0 Å². The Morgan fingerprint density at radius 1 is 1.33 bits per heavy atom. The predicted octanol–water partition coefficient (Wildman–Crippen LogP) is 2.87. The first-order valence-electron chi connectivity index (χ1n) is 5.05. The molecule has 3 heteroatoms. The molecule has 0 aliphatic carbocycles. The molecule has 80 valence electrons. The maximum Gasteiger partial charge on any atom is 0.218 e. The first kappa shape index (κ1) is 10.0. The van der Waals surface area contributed by atoms with E-state index >= 15 is 0 Å². The third-order valence-corrected chi connectivity index (χ3v) is 2.50. The molecular weight excluding hydrogens is 188 g/mol. The lowest BCUT2D eigenvalue weighted by molar-refractivity contribution is 0.382. The average molecular weight is 204 g/mol. The molecule has 0 aliphatic heterocycles. The molecule has 0 amide bonds. The minimum absolute atomic E-state index is 0.0454. The summed E-state index contributed by atoms with van der Waals surface area (Å²) < 4.78 is 5.32. The van der Waals surface area contributed by atoms with Gasteiger partial charge in [0.15, 0.2) is 0 Å². The van der Waals surface area contributed by atoms with Crippen molar-refractivity contribution in [2.75, 3.05) is 7.11 Å². The van der Waals surface area contributed by atoms with Crippen molar-refractivity contribution < 1.29 is 4.74 Å². The van der Waals surface area contributed by atoms with Crippen LogP contribution in [0.25, 0.3) is 11.0 Å². The number of nitrogens with one attached hydrogen (secondary N) is 1. The molecule has 0 aromatic carbocycles. The van der Waals surface area contributed by atoms with E-state index < -0.39 is 0 Å². The molecule has 15 heavy (non-hydrogen) atoms. The molecule has 0 aliphatic rings. The predicted molar refractivity (Wildman–Crippen MR) is 61.3 cm³/mol. The van der Waals surface area contributed by atoms with Gasteiger partial charge in [-0.1, -0.05) is 20.8 Å². The van der Waals surface area contributed by atoms with Gasteiger partial charge >= 0.3 is 0 Å². The third-order valence-electron chi connectivity index (χ3n) is 2.50. The van der Waals surface area contributed by atoms with E-state index in [0.717, 1.165) is 16.6 Å². The Labute approximate surface area is 89.5 Å². The van der Waals surface area contributed by atoms with Crippen LogP contribution in [0.3, 0.4) is 0 Å². The lowest BCUT2D eigenvalue weighted by atomic mass is 9.87. The zero-order valence-electron chi connectivity index (χ0n) is 9.59. The number of hydrogen-bond donors (Lipinski definition) is 1. The van der Waals surface area contributed by atoms with Crippen LogP contribution in [0, 0.1) is 0 Å². The van der Waals surface area contributed by atoms with Gasteiger partial charge in [-0.3, -0.25) is 0 Å². The van der Waals surface area contributed by atoms with Crippen LogP contribution in [0.15, 0.2) is 18.3 Å². The smallest absolute Gasteiger partial charge is 0.218 e. The standard InChI is InChI=1S/C12H16N2O/c1-12(2,3)9-7-8-5-6-13-10(8)14-11(9)15-4/h5-7H,1-4H3,(H,13,14). The molecule has 0 unspecified atom stereocenters. The Morgan fingerprint density at radius 3 is 2.67 bits per heavy atom. The van der Waals surface area contributed by atoms with E-state index in [9.17, 15) is 0 Å². The van der Waals surface area contributed by atoms with Gasteiger partial charge in [-0.25, -0.2) is 0 Å². The van der Waals surface area contributed by atoms with E-state index in [2.05, 4.69) is 36.8 Å². The van der Waals surface area contributed by atoms with Gasteiger partial charge in [-0.2, -0.15) is 4.98 Å². The van der Waals surface area contributed by atoms with Gasteiger partial charge in [-0.15, -0.1) is 0 Å². The average Bonchev–Trinajstić information content (AvgIpc) is 2.60. The van der Waals surface area contributed by atoms with Gasteiger partial charge in [0.1, 0.15) is 5.65 Å². The SMILES string of the molecule is COc1nc2[nH]ccc2cc1C(C)(C)C. The van der Waals surface area contributed by atoms with Crippen molar-refractivity contribution in [1.29, 1.82) is 0 Å². The second-order valence-electron chi connectivity index (χ2n) is 4.71. The van der Waals surface area contributed by atoms with E-state index in [4.69, 9.17) is 4.74 Å². The number of nitrogens with zero attached hydrogens (tertiary/aromatic N) is 1. The summed E-state index contributed by atoms with van der Waals surface area (Å²) in [6.45, 7) is 6.47. The van der Waals surface area contributed by atoms with Crippen LogP contribution in [-0.4, -0.2) is 17.1 Å². The molecule has 3 nitrogen and oxygen atoms in total. The Kier molecular flexibility index (Phi) is 2.18. The summed E-state index contributed by atoms with van der Waals surface area (Å²) in [5.41, 5.74) is 2.06. The fraction of sp³-hybridized carbons (Fsp3) is 0.417. The molecule has 2 aromatic heterocycles. The van der Waals surface area contributed by atoms with Crippen molar-refractivity contribution in [3.05, 3.63) is 23.9 Å². The lowest BCUT2D eigenvalue weighted by Gasteiger charge is -2.21. The lowest BCUT2D eigenvalue weighted by Crippen LogP contribution is -2.13. The topological polar surface area (TPSA) is 37.9 Å². The maximum absolute atomic E-state index is 5.32. The molecule has 0 radical (unpaired) electrons. The maximum atomic E-state index is 5.32. The summed E-state index contributed by atoms with van der Waals surface area (Å²) in [6, 6.07) is 4.16. The summed E-state index contributed by atoms with van der Waals surface area (Å²) >= 11 is 0. The normalized spacial score (nSPS) is 12.0. The van der Waals surface area contributed by atoms with Gasteiger partial charge in [0.25, 0.3) is 0 Å². The van der Waals surface area contributed by atoms with Crippen molar-refractivity contribution >= 4 is 11.0 Å². The van der Waals surface area contributed by atoms with Crippen LogP contribution >= 0.6 is 0 Å². The van der Waals surface area contributed by atoms with Crippen LogP contribution in [0.5, 0.6) is 5.88 Å². The fourth-order valence-corrected chi connectivity index (χ4v) is 1.66. The van der Waals surface area contributed by atoms with Crippen molar-refractivity contribution in [2.45, 2.75) is 26.2 Å². The second-order valence-corrected chi connectivity index (χ2v) is 4.71. The second kappa shape index (κ2) is 3.26.